The Morgan fingerprint density at radius 3 is 2.54 bits per heavy atom. The van der Waals surface area contributed by atoms with Gasteiger partial charge in [0.1, 0.15) is 11.6 Å². The van der Waals surface area contributed by atoms with E-state index in [1.807, 2.05) is 27.7 Å². The topological polar surface area (TPSA) is 96.4 Å². The van der Waals surface area contributed by atoms with Crippen LogP contribution in [0, 0.1) is 17.8 Å². The van der Waals surface area contributed by atoms with Gasteiger partial charge in [-0.25, -0.2) is 0 Å². The van der Waals surface area contributed by atoms with Crippen LogP contribution >= 0.6 is 15.9 Å². The van der Waals surface area contributed by atoms with Crippen molar-refractivity contribution in [1.29, 1.82) is 0 Å². The maximum Gasteiger partial charge on any atom is 0.312 e. The molecule has 1 spiro atoms. The average Bonchev–Trinajstić information content (AvgIpc) is 3.38. The van der Waals surface area contributed by atoms with Crippen molar-refractivity contribution in [1.82, 2.24) is 9.80 Å². The highest BCUT2D eigenvalue weighted by Crippen LogP contribution is 2.60. The highest BCUT2D eigenvalue weighted by molar-refractivity contribution is 9.09. The van der Waals surface area contributed by atoms with E-state index < -0.39 is 41.6 Å². The molecular weight excluding hydrogens is 516 g/mol. The third kappa shape index (κ3) is 4.83. The predicted octanol–water partition coefficient (Wildman–Crippen LogP) is 2.68. The summed E-state index contributed by atoms with van der Waals surface area (Å²) in [7, 11) is 0. The van der Waals surface area contributed by atoms with Gasteiger partial charge in [-0.15, -0.1) is 13.2 Å². The molecule has 0 saturated carbocycles. The number of halogens is 1. The van der Waals surface area contributed by atoms with Gasteiger partial charge in [0.25, 0.3) is 0 Å². The molecule has 35 heavy (non-hydrogen) atoms. The van der Waals surface area contributed by atoms with Crippen molar-refractivity contribution in [2.75, 3.05) is 19.8 Å². The summed E-state index contributed by atoms with van der Waals surface area (Å²) in [5, 5.41) is 10.3. The fraction of sp³-hybridized carbons (Fsp3) is 0.731. The van der Waals surface area contributed by atoms with Crippen molar-refractivity contribution in [3.05, 3.63) is 25.3 Å². The van der Waals surface area contributed by atoms with Crippen molar-refractivity contribution in [3.63, 3.8) is 0 Å². The molecule has 3 heterocycles. The molecule has 2 bridgehead atoms. The maximum atomic E-state index is 14.1. The zero-order chi connectivity index (χ0) is 26.1. The van der Waals surface area contributed by atoms with E-state index in [2.05, 4.69) is 29.1 Å². The van der Waals surface area contributed by atoms with Crippen LogP contribution < -0.4 is 0 Å². The van der Waals surface area contributed by atoms with Crippen LogP contribution in [0.4, 0.5) is 0 Å². The average molecular weight is 556 g/mol. The number of aliphatic hydroxyl groups is 1. The number of hydrogen-bond acceptors (Lipinski definition) is 6. The Balaban J connectivity index is 2.09. The van der Waals surface area contributed by atoms with E-state index in [0.717, 1.165) is 0 Å². The van der Waals surface area contributed by atoms with Crippen LogP contribution in [-0.2, 0) is 23.9 Å². The van der Waals surface area contributed by atoms with E-state index in [9.17, 15) is 19.5 Å². The van der Waals surface area contributed by atoms with Gasteiger partial charge in [-0.1, -0.05) is 41.9 Å². The Morgan fingerprint density at radius 1 is 1.31 bits per heavy atom. The number of ether oxygens (including phenoxy) is 2. The molecule has 3 rings (SSSR count). The van der Waals surface area contributed by atoms with Crippen LogP contribution in [0.15, 0.2) is 25.3 Å². The van der Waals surface area contributed by atoms with Crippen LogP contribution in [0.5, 0.6) is 0 Å². The van der Waals surface area contributed by atoms with Crippen LogP contribution in [0.3, 0.4) is 0 Å². The number of hydrogen-bond donors (Lipinski definition) is 1. The largest absolute Gasteiger partial charge is 0.465 e. The first-order chi connectivity index (χ1) is 16.5. The number of amides is 2. The molecule has 0 aromatic heterocycles. The first-order valence-electron chi connectivity index (χ1n) is 12.5. The number of likely N-dealkylation sites (tertiary alicyclic amines) is 1. The number of nitrogens with zero attached hydrogens (tertiary/aromatic N) is 2. The number of rotatable bonds is 12. The van der Waals surface area contributed by atoms with Gasteiger partial charge < -0.3 is 24.4 Å². The molecule has 3 aliphatic heterocycles. The smallest absolute Gasteiger partial charge is 0.312 e. The van der Waals surface area contributed by atoms with Gasteiger partial charge in [0.15, 0.2) is 0 Å². The second-order valence-corrected chi connectivity index (χ2v) is 11.7. The Morgan fingerprint density at radius 2 is 2.00 bits per heavy atom. The fourth-order valence-corrected chi connectivity index (χ4v) is 6.96. The molecule has 2 amide bonds. The predicted molar refractivity (Wildman–Crippen MR) is 136 cm³/mol. The number of fused-ring (bicyclic) bond motifs is 1. The van der Waals surface area contributed by atoms with Crippen molar-refractivity contribution >= 4 is 33.7 Å². The fourth-order valence-electron chi connectivity index (χ4n) is 6.02. The number of carbonyl (C=O) groups excluding carboxylic acids is 3. The Labute approximate surface area is 216 Å². The first kappa shape index (κ1) is 27.9. The molecule has 0 aliphatic carbocycles. The van der Waals surface area contributed by atoms with Crippen molar-refractivity contribution in [2.45, 2.75) is 81.6 Å². The van der Waals surface area contributed by atoms with Crippen LogP contribution in [0.25, 0.3) is 0 Å². The summed E-state index contributed by atoms with van der Waals surface area (Å²) in [6.07, 6.45) is 4.19. The number of esters is 1. The molecule has 0 radical (unpaired) electrons. The van der Waals surface area contributed by atoms with Crippen LogP contribution in [0.2, 0.25) is 0 Å². The quantitative estimate of drug-likeness (QED) is 0.172. The monoisotopic (exact) mass is 554 g/mol. The van der Waals surface area contributed by atoms with Gasteiger partial charge in [0, 0.05) is 17.4 Å². The number of alkyl halides is 1. The minimum absolute atomic E-state index is 0.136. The highest BCUT2D eigenvalue weighted by Gasteiger charge is 2.77. The van der Waals surface area contributed by atoms with E-state index in [4.69, 9.17) is 9.47 Å². The molecule has 8 nitrogen and oxygen atoms in total. The van der Waals surface area contributed by atoms with E-state index in [0.29, 0.717) is 25.8 Å². The van der Waals surface area contributed by atoms with E-state index in [-0.39, 0.29) is 41.8 Å². The number of carbonyl (C=O) groups is 3. The van der Waals surface area contributed by atoms with Gasteiger partial charge in [-0.3, -0.25) is 14.4 Å². The Kier molecular flexibility index (Phi) is 8.86. The molecule has 3 unspecified atom stereocenters. The lowest BCUT2D eigenvalue weighted by Gasteiger charge is -2.40. The maximum absolute atomic E-state index is 14.1. The third-order valence-electron chi connectivity index (χ3n) is 7.38. The number of aliphatic hydroxyl groups excluding tert-OH is 1. The lowest BCUT2D eigenvalue weighted by Crippen LogP contribution is -2.60. The molecule has 7 atom stereocenters. The van der Waals surface area contributed by atoms with Gasteiger partial charge in [0.2, 0.25) is 11.8 Å². The second kappa shape index (κ2) is 11.1. The SMILES string of the molecule is C=CCCOC(=O)[C@H]1[C@H]2C(=O)N([C@@H](CO)CC(C)C)C(C(=O)N(CC=C)C(C)C)C23CC(Br)[C@@H]1O3. The van der Waals surface area contributed by atoms with Gasteiger partial charge in [0.05, 0.1) is 37.2 Å². The zero-order valence-electron chi connectivity index (χ0n) is 21.2. The minimum Gasteiger partial charge on any atom is -0.465 e. The summed E-state index contributed by atoms with van der Waals surface area (Å²) in [6.45, 7) is 15.5. The zero-order valence-corrected chi connectivity index (χ0v) is 22.8. The summed E-state index contributed by atoms with van der Waals surface area (Å²) in [5.41, 5.74) is -1.17. The van der Waals surface area contributed by atoms with Crippen LogP contribution in [-0.4, -0.2) is 87.1 Å². The molecular formula is C26H39BrN2O6. The van der Waals surface area contributed by atoms with Crippen molar-refractivity contribution in [2.24, 2.45) is 17.8 Å². The van der Waals surface area contributed by atoms with E-state index in [1.165, 1.54) is 4.90 Å². The lowest BCUT2D eigenvalue weighted by atomic mass is 9.70. The molecule has 0 aromatic carbocycles. The van der Waals surface area contributed by atoms with Crippen molar-refractivity contribution in [3.8, 4) is 0 Å². The lowest BCUT2D eigenvalue weighted by molar-refractivity contribution is -0.156. The molecule has 196 valence electrons. The van der Waals surface area contributed by atoms with E-state index >= 15 is 0 Å². The highest BCUT2D eigenvalue weighted by atomic mass is 79.9. The first-order valence-corrected chi connectivity index (χ1v) is 13.4. The Bertz CT molecular complexity index is 848. The third-order valence-corrected chi connectivity index (χ3v) is 8.22. The summed E-state index contributed by atoms with van der Waals surface area (Å²) in [6, 6.07) is -1.65. The molecule has 3 fully saturated rings. The molecule has 3 aliphatic rings. The van der Waals surface area contributed by atoms with Gasteiger partial charge >= 0.3 is 5.97 Å². The minimum atomic E-state index is -1.17. The van der Waals surface area contributed by atoms with Gasteiger partial charge in [-0.05, 0) is 39.0 Å². The molecule has 3 saturated heterocycles. The second-order valence-electron chi connectivity index (χ2n) is 10.5. The van der Waals surface area contributed by atoms with Crippen molar-refractivity contribution < 1.29 is 29.0 Å². The molecule has 0 aromatic rings. The normalized spacial score (nSPS) is 32.2. The van der Waals surface area contributed by atoms with Crippen LogP contribution in [0.1, 0.15) is 47.0 Å². The standard InChI is InChI=1S/C26H39BrN2O6/c1-7-9-11-34-25(33)19-20-23(31)29(17(14-30)12-15(3)4)22(24(32)28(10-8-2)16(5)6)26(20)13-18(27)21(19)35-26/h7-8,15-22,30H,1-2,9-14H2,3-6H3/t17-,18?,19+,20+,21+,22?,26?/m1/s1. The summed E-state index contributed by atoms with van der Waals surface area (Å²) >= 11 is 3.66. The van der Waals surface area contributed by atoms with Gasteiger partial charge in [-0.2, -0.15) is 0 Å². The molecule has 1 N–H and O–H groups in total. The summed E-state index contributed by atoms with van der Waals surface area (Å²) in [4.78, 5) is 44.4. The summed E-state index contributed by atoms with van der Waals surface area (Å²) in [5.74, 6) is -2.55. The molecule has 9 heteroatoms. The summed E-state index contributed by atoms with van der Waals surface area (Å²) < 4.78 is 12.0. The van der Waals surface area contributed by atoms with E-state index in [1.54, 1.807) is 17.1 Å². The Hall–Kier alpha value is -1.71.